The number of ether oxygens (including phenoxy) is 2. The van der Waals surface area contributed by atoms with Gasteiger partial charge in [-0.05, 0) is 13.8 Å². The second-order valence-corrected chi connectivity index (χ2v) is 6.75. The highest BCUT2D eigenvalue weighted by atomic mass is 16.5. The average Bonchev–Trinajstić information content (AvgIpc) is 2.65. The van der Waals surface area contributed by atoms with Crippen LogP contribution in [0.4, 0.5) is 0 Å². The van der Waals surface area contributed by atoms with Crippen LogP contribution in [0.2, 0.25) is 0 Å². The van der Waals surface area contributed by atoms with Gasteiger partial charge in [0.15, 0.2) is 5.90 Å². The summed E-state index contributed by atoms with van der Waals surface area (Å²) < 4.78 is 11.0. The molecule has 3 heterocycles. The third-order valence-corrected chi connectivity index (χ3v) is 6.07. The summed E-state index contributed by atoms with van der Waals surface area (Å²) in [4.78, 5) is 9.47. The summed E-state index contributed by atoms with van der Waals surface area (Å²) in [6.07, 6.45) is 1.89. The molecule has 5 rings (SSSR count). The molecule has 1 fully saturated rings. The molecule has 0 aromatic heterocycles. The maximum Gasteiger partial charge on any atom is 0.206 e. The van der Waals surface area contributed by atoms with Crippen LogP contribution in [-0.4, -0.2) is 37.1 Å². The van der Waals surface area contributed by atoms with Gasteiger partial charge in [-0.15, -0.1) is 0 Å². The van der Waals surface area contributed by atoms with Gasteiger partial charge < -0.3 is 9.47 Å². The summed E-state index contributed by atoms with van der Waals surface area (Å²) >= 11 is 0. The van der Waals surface area contributed by atoms with E-state index in [4.69, 9.17) is 19.5 Å². The molecule has 112 valence electrons. The van der Waals surface area contributed by atoms with Crippen LogP contribution >= 0.6 is 0 Å². The fourth-order valence-electron chi connectivity index (χ4n) is 5.19. The van der Waals surface area contributed by atoms with Crippen molar-refractivity contribution < 1.29 is 9.47 Å². The molecule has 0 N–H and O–H groups in total. The van der Waals surface area contributed by atoms with Crippen molar-refractivity contribution in [3.05, 3.63) is 11.6 Å². The first kappa shape index (κ1) is 13.3. The molecule has 4 bridgehead atoms. The Kier molecular flexibility index (Phi) is 2.13. The highest BCUT2D eigenvalue weighted by Crippen LogP contribution is 2.73. The first-order valence-electron chi connectivity index (χ1n) is 7.25. The van der Waals surface area contributed by atoms with Gasteiger partial charge in [-0.25, -0.2) is 9.98 Å². The molecule has 6 nitrogen and oxygen atoms in total. The van der Waals surface area contributed by atoms with Gasteiger partial charge in [0, 0.05) is 11.8 Å². The molecule has 0 radical (unpaired) electrons. The van der Waals surface area contributed by atoms with Gasteiger partial charge in [0.05, 0.1) is 43.4 Å². The van der Waals surface area contributed by atoms with E-state index in [2.05, 4.69) is 12.1 Å². The summed E-state index contributed by atoms with van der Waals surface area (Å²) in [7, 11) is 3.12. The lowest BCUT2D eigenvalue weighted by atomic mass is 9.41. The van der Waals surface area contributed by atoms with Gasteiger partial charge in [0.25, 0.3) is 0 Å². The maximum absolute atomic E-state index is 9.96. The van der Waals surface area contributed by atoms with E-state index in [1.807, 2.05) is 19.9 Å². The zero-order valence-corrected chi connectivity index (χ0v) is 12.9. The first-order valence-corrected chi connectivity index (χ1v) is 7.25. The zero-order valence-electron chi connectivity index (χ0n) is 12.9. The molecular weight excluding hydrogens is 280 g/mol. The molecule has 2 unspecified atom stereocenters. The standard InChI is InChI=1S/C16H16N4O2/c1-14-8(6-17)5-9-15(2)11(10(14)12(19-15)21-3)16(9,7-18)13(20-14)22-4/h5,9-11H,1-4H3/t9-,10?,11?,14+,15-,16-/m0/s1. The SMILES string of the molecule is COC1=N[C@]2(C)C3C1[C@]1(C)N=C(OC)[C@@]3(C#N)[C@H]2C=C1C#N. The van der Waals surface area contributed by atoms with Crippen molar-refractivity contribution in [2.45, 2.75) is 24.9 Å². The second-order valence-electron chi connectivity index (χ2n) is 6.75. The smallest absolute Gasteiger partial charge is 0.206 e. The fourth-order valence-corrected chi connectivity index (χ4v) is 5.19. The Morgan fingerprint density at radius 1 is 1.18 bits per heavy atom. The van der Waals surface area contributed by atoms with Crippen LogP contribution in [0, 0.1) is 45.8 Å². The van der Waals surface area contributed by atoms with Crippen LogP contribution in [0.25, 0.3) is 0 Å². The summed E-state index contributed by atoms with van der Waals surface area (Å²) in [5.74, 6) is 0.519. The van der Waals surface area contributed by atoms with Crippen molar-refractivity contribution in [1.29, 1.82) is 10.5 Å². The number of hydrogen-bond donors (Lipinski definition) is 0. The molecule has 22 heavy (non-hydrogen) atoms. The number of methoxy groups -OCH3 is 2. The van der Waals surface area contributed by atoms with Crippen LogP contribution in [0.15, 0.2) is 21.6 Å². The van der Waals surface area contributed by atoms with Crippen molar-refractivity contribution in [2.24, 2.45) is 33.2 Å². The second kappa shape index (κ2) is 3.52. The van der Waals surface area contributed by atoms with Crippen molar-refractivity contribution in [2.75, 3.05) is 14.2 Å². The normalized spacial score (nSPS) is 49.7. The Morgan fingerprint density at radius 3 is 2.45 bits per heavy atom. The number of aliphatic imine (C=N–C) groups is 2. The molecule has 0 spiro atoms. The fraction of sp³-hybridized carbons (Fsp3) is 0.625. The van der Waals surface area contributed by atoms with E-state index in [0.29, 0.717) is 17.4 Å². The molecule has 5 aliphatic rings. The number of nitrogens with zero attached hydrogens (tertiary/aromatic N) is 4. The average molecular weight is 296 g/mol. The Labute approximate surface area is 128 Å². The van der Waals surface area contributed by atoms with Gasteiger partial charge in [0.2, 0.25) is 5.90 Å². The third kappa shape index (κ3) is 0.982. The minimum Gasteiger partial charge on any atom is -0.484 e. The van der Waals surface area contributed by atoms with E-state index >= 15 is 0 Å². The number of rotatable bonds is 0. The van der Waals surface area contributed by atoms with Gasteiger partial charge >= 0.3 is 0 Å². The zero-order chi connectivity index (χ0) is 15.9. The summed E-state index contributed by atoms with van der Waals surface area (Å²) in [5.41, 5.74) is -1.51. The highest BCUT2D eigenvalue weighted by Gasteiger charge is 2.83. The van der Waals surface area contributed by atoms with E-state index in [1.165, 1.54) is 7.11 Å². The van der Waals surface area contributed by atoms with Crippen molar-refractivity contribution >= 4 is 11.8 Å². The van der Waals surface area contributed by atoms with Gasteiger partial charge in [-0.2, -0.15) is 10.5 Å². The van der Waals surface area contributed by atoms with Gasteiger partial charge in [-0.3, -0.25) is 0 Å². The molecule has 0 aromatic carbocycles. The lowest BCUT2D eigenvalue weighted by molar-refractivity contribution is -0.0484. The first-order chi connectivity index (χ1) is 10.4. The van der Waals surface area contributed by atoms with E-state index in [9.17, 15) is 10.5 Å². The Balaban J connectivity index is 2.09. The molecule has 0 saturated heterocycles. The molecule has 0 aromatic rings. The molecule has 3 aliphatic heterocycles. The summed E-state index contributed by atoms with van der Waals surface area (Å²) in [6.45, 7) is 3.95. The Morgan fingerprint density at radius 2 is 1.91 bits per heavy atom. The molecular formula is C16H16N4O2. The third-order valence-electron chi connectivity index (χ3n) is 6.07. The van der Waals surface area contributed by atoms with E-state index < -0.39 is 16.5 Å². The van der Waals surface area contributed by atoms with Gasteiger partial charge in [-0.1, -0.05) is 6.08 Å². The van der Waals surface area contributed by atoms with E-state index in [0.717, 1.165) is 0 Å². The molecule has 6 heteroatoms. The highest BCUT2D eigenvalue weighted by molar-refractivity contribution is 5.98. The number of nitriles is 2. The maximum atomic E-state index is 9.96. The predicted octanol–water partition coefficient (Wildman–Crippen LogP) is 1.46. The minimum atomic E-state index is -0.851. The lowest BCUT2D eigenvalue weighted by Gasteiger charge is -2.61. The van der Waals surface area contributed by atoms with Crippen LogP contribution in [0.5, 0.6) is 0 Å². The Hall–Kier alpha value is -2.34. The topological polar surface area (TPSA) is 90.8 Å². The predicted molar refractivity (Wildman–Crippen MR) is 77.9 cm³/mol. The molecule has 0 amide bonds. The minimum absolute atomic E-state index is 0.0792. The van der Waals surface area contributed by atoms with Crippen molar-refractivity contribution in [3.63, 3.8) is 0 Å². The van der Waals surface area contributed by atoms with Crippen LogP contribution in [-0.2, 0) is 9.47 Å². The van der Waals surface area contributed by atoms with Gasteiger partial charge in [0.1, 0.15) is 11.0 Å². The molecule has 2 aliphatic carbocycles. The van der Waals surface area contributed by atoms with Crippen molar-refractivity contribution in [1.82, 2.24) is 0 Å². The van der Waals surface area contributed by atoms with Crippen LogP contribution in [0.1, 0.15) is 13.8 Å². The summed E-state index contributed by atoms with van der Waals surface area (Å²) in [6, 6.07) is 4.72. The summed E-state index contributed by atoms with van der Waals surface area (Å²) in [5, 5.41) is 19.6. The number of hydrogen-bond acceptors (Lipinski definition) is 6. The quantitative estimate of drug-likeness (QED) is 0.676. The molecule has 6 atom stereocenters. The van der Waals surface area contributed by atoms with E-state index in [1.54, 1.807) is 7.11 Å². The molecule has 1 saturated carbocycles. The van der Waals surface area contributed by atoms with Crippen LogP contribution in [0.3, 0.4) is 0 Å². The largest absolute Gasteiger partial charge is 0.484 e. The van der Waals surface area contributed by atoms with Crippen LogP contribution < -0.4 is 0 Å². The lowest BCUT2D eigenvalue weighted by Crippen LogP contribution is -2.72. The Bertz CT molecular complexity index is 770. The van der Waals surface area contributed by atoms with Crippen molar-refractivity contribution in [3.8, 4) is 12.1 Å². The monoisotopic (exact) mass is 296 g/mol. The van der Waals surface area contributed by atoms with E-state index in [-0.39, 0.29) is 17.8 Å².